The number of aliphatic hydroxyl groups is 2. The lowest BCUT2D eigenvalue weighted by Gasteiger charge is -2.53. The number of carbonyl (C=O) groups excluding carboxylic acids is 5. The summed E-state index contributed by atoms with van der Waals surface area (Å²) in [6.07, 6.45) is -7.43. The summed E-state index contributed by atoms with van der Waals surface area (Å²) in [5, 5.41) is 24.7. The molecule has 0 radical (unpaired) electrons. The first-order chi connectivity index (χ1) is 31.7. The SMILES string of the molecule is CCC(=O)O[C@@H]1CC(=O)O[C@H](C)CCN(CCCc2ccccc2)C[C@H](O)[C@H](C)C[C@H](CC=O)[C@H]([C@@H]2O[C@H](C)[C@@H](O[C@H]3C[C@@](C)(OC(C)=O)[C@@H](OC(=O)CC)[C@H](C)O3)[C@H](N(C)C)[C@H]2O)[C@@H]1OC. The molecule has 0 unspecified atom stereocenters. The van der Waals surface area contributed by atoms with Crippen LogP contribution < -0.4 is 0 Å². The van der Waals surface area contributed by atoms with E-state index in [2.05, 4.69) is 17.0 Å². The molecule has 0 bridgehead atoms. The lowest BCUT2D eigenvalue weighted by Crippen LogP contribution is -2.67. The number of ether oxygens (including phenoxy) is 8. The van der Waals surface area contributed by atoms with Crippen LogP contribution in [0, 0.1) is 17.8 Å². The molecule has 3 fully saturated rings. The summed E-state index contributed by atoms with van der Waals surface area (Å²) >= 11 is 0. The zero-order valence-corrected chi connectivity index (χ0v) is 41.7. The van der Waals surface area contributed by atoms with Crippen LogP contribution in [0.5, 0.6) is 0 Å². The molecule has 380 valence electrons. The second-order valence-electron chi connectivity index (χ2n) is 19.3. The molecule has 2 N–H and O–H groups in total. The minimum atomic E-state index is -1.34. The van der Waals surface area contributed by atoms with Crippen molar-refractivity contribution in [1.29, 1.82) is 0 Å². The minimum Gasteiger partial charge on any atom is -0.463 e. The Morgan fingerprint density at radius 2 is 1.64 bits per heavy atom. The average Bonchev–Trinajstić information content (AvgIpc) is 3.26. The van der Waals surface area contributed by atoms with Crippen molar-refractivity contribution in [2.24, 2.45) is 17.8 Å². The van der Waals surface area contributed by atoms with Gasteiger partial charge in [0.15, 0.2) is 18.0 Å². The Bertz CT molecular complexity index is 1720. The standard InChI is InChI=1S/C50H80N2O15/c1-12-39(56)64-38-27-41(58)61-31(4)21-24-52(23-17-20-35-18-15-14-16-19-35)29-37(55)30(3)26-36(22-25-53)43(47(38)60-11)48-45(59)44(51(9)10)46(32(5)63-48)66-42-28-50(8,67-34(7)54)49(33(6)62-42)65-40(57)13-2/h14-16,18-19,25,30-33,36-38,42-49,55,59H,12-13,17,20-24,26-29H2,1-11H3/t30-,31-,32-,33+,36+,37+,38-,42+,43+,44-,45-,46-,47-,48+,49+,50-/m1/s1. The molecule has 0 aromatic heterocycles. The van der Waals surface area contributed by atoms with Crippen LogP contribution in [-0.4, -0.2) is 170 Å². The van der Waals surface area contributed by atoms with Crippen LogP contribution in [0.4, 0.5) is 0 Å². The quantitative estimate of drug-likeness (QED) is 0.134. The molecule has 3 heterocycles. The van der Waals surface area contributed by atoms with E-state index in [1.165, 1.54) is 19.6 Å². The number of nitrogens with zero attached hydrogens (tertiary/aromatic N) is 2. The number of cyclic esters (lactones) is 1. The number of rotatable bonds is 16. The zero-order valence-electron chi connectivity index (χ0n) is 41.7. The number of hydrogen-bond donors (Lipinski definition) is 2. The molecule has 17 nitrogen and oxygen atoms in total. The first-order valence-corrected chi connectivity index (χ1v) is 24.2. The molecule has 3 aliphatic heterocycles. The number of esters is 4. The van der Waals surface area contributed by atoms with E-state index < -0.39 is 115 Å². The molecule has 4 rings (SSSR count). The van der Waals surface area contributed by atoms with Crippen molar-refractivity contribution in [2.45, 2.75) is 192 Å². The molecule has 0 spiro atoms. The summed E-state index contributed by atoms with van der Waals surface area (Å²) in [5.74, 6) is -4.14. The first-order valence-electron chi connectivity index (χ1n) is 24.2. The number of likely N-dealkylation sites (N-methyl/N-ethyl adjacent to an activating group) is 1. The fraction of sp³-hybridized carbons (Fsp3) is 0.780. The molecule has 17 heteroatoms. The number of carbonyl (C=O) groups is 5. The van der Waals surface area contributed by atoms with Gasteiger partial charge in [0.25, 0.3) is 0 Å². The fourth-order valence-electron chi connectivity index (χ4n) is 10.3. The predicted octanol–water partition coefficient (Wildman–Crippen LogP) is 4.43. The number of aryl methyl sites for hydroxylation is 1. The van der Waals surface area contributed by atoms with Crippen LogP contribution >= 0.6 is 0 Å². The van der Waals surface area contributed by atoms with Crippen LogP contribution in [0.25, 0.3) is 0 Å². The van der Waals surface area contributed by atoms with Crippen molar-refractivity contribution in [3.8, 4) is 0 Å². The normalized spacial score (nSPS) is 36.2. The van der Waals surface area contributed by atoms with Crippen molar-refractivity contribution in [2.75, 3.05) is 40.8 Å². The van der Waals surface area contributed by atoms with E-state index in [1.807, 2.05) is 32.0 Å². The lowest BCUT2D eigenvalue weighted by atomic mass is 9.71. The summed E-state index contributed by atoms with van der Waals surface area (Å²) < 4.78 is 49.6. The van der Waals surface area contributed by atoms with Gasteiger partial charge in [0.2, 0.25) is 0 Å². The topological polar surface area (TPSA) is 206 Å². The van der Waals surface area contributed by atoms with Gasteiger partial charge in [-0.2, -0.15) is 0 Å². The van der Waals surface area contributed by atoms with Gasteiger partial charge in [-0.25, -0.2) is 0 Å². The van der Waals surface area contributed by atoms with Crippen LogP contribution in [0.2, 0.25) is 0 Å². The third-order valence-corrected chi connectivity index (χ3v) is 13.7. The van der Waals surface area contributed by atoms with Gasteiger partial charge in [-0.05, 0) is 91.4 Å². The van der Waals surface area contributed by atoms with Gasteiger partial charge in [0, 0.05) is 58.7 Å². The lowest BCUT2D eigenvalue weighted by molar-refractivity contribution is -0.319. The monoisotopic (exact) mass is 949 g/mol. The Morgan fingerprint density at radius 3 is 2.25 bits per heavy atom. The van der Waals surface area contributed by atoms with E-state index in [1.54, 1.807) is 53.6 Å². The molecule has 0 aliphatic carbocycles. The van der Waals surface area contributed by atoms with Crippen molar-refractivity contribution >= 4 is 30.2 Å². The van der Waals surface area contributed by atoms with Crippen LogP contribution in [0.3, 0.4) is 0 Å². The molecule has 1 aromatic rings. The number of aliphatic hydroxyl groups excluding tert-OH is 2. The summed E-state index contributed by atoms with van der Waals surface area (Å²) in [6.45, 7) is 15.1. The van der Waals surface area contributed by atoms with Gasteiger partial charge in [0.1, 0.15) is 30.7 Å². The highest BCUT2D eigenvalue weighted by Gasteiger charge is 2.56. The van der Waals surface area contributed by atoms with Gasteiger partial charge >= 0.3 is 23.9 Å². The van der Waals surface area contributed by atoms with Gasteiger partial charge in [-0.1, -0.05) is 51.1 Å². The van der Waals surface area contributed by atoms with E-state index in [9.17, 15) is 34.2 Å². The summed E-state index contributed by atoms with van der Waals surface area (Å²) in [5.41, 5.74) is -0.111. The Kier molecular flexibility index (Phi) is 22.1. The Labute approximate surface area is 397 Å². The second-order valence-corrected chi connectivity index (χ2v) is 19.3. The number of aldehydes is 1. The van der Waals surface area contributed by atoms with E-state index in [4.69, 9.17) is 37.9 Å². The zero-order chi connectivity index (χ0) is 49.6. The molecule has 3 aliphatic rings. The van der Waals surface area contributed by atoms with Crippen molar-refractivity contribution in [1.82, 2.24) is 9.80 Å². The fourth-order valence-corrected chi connectivity index (χ4v) is 10.3. The van der Waals surface area contributed by atoms with Crippen LogP contribution in [0.1, 0.15) is 112 Å². The number of methoxy groups -OCH3 is 1. The Hall–Kier alpha value is -3.55. The van der Waals surface area contributed by atoms with E-state index in [-0.39, 0.29) is 44.4 Å². The molecular weight excluding hydrogens is 869 g/mol. The smallest absolute Gasteiger partial charge is 0.309 e. The van der Waals surface area contributed by atoms with E-state index in [0.717, 1.165) is 19.1 Å². The third-order valence-electron chi connectivity index (χ3n) is 13.7. The van der Waals surface area contributed by atoms with E-state index >= 15 is 0 Å². The maximum absolute atomic E-state index is 13.8. The van der Waals surface area contributed by atoms with Crippen molar-refractivity contribution < 1.29 is 72.1 Å². The Balaban J connectivity index is 1.73. The average molecular weight is 949 g/mol. The minimum absolute atomic E-state index is 0.00556. The molecule has 3 saturated heterocycles. The van der Waals surface area contributed by atoms with E-state index in [0.29, 0.717) is 26.1 Å². The molecule has 16 atom stereocenters. The van der Waals surface area contributed by atoms with Gasteiger partial charge in [0.05, 0.1) is 43.0 Å². The first kappa shape index (κ1) is 56.0. The number of hydrogen-bond acceptors (Lipinski definition) is 17. The molecule has 1 aromatic carbocycles. The van der Waals surface area contributed by atoms with Crippen LogP contribution in [-0.2, 0) is 68.3 Å². The van der Waals surface area contributed by atoms with Gasteiger partial charge in [-0.3, -0.25) is 19.2 Å². The molecule has 0 amide bonds. The molecule has 0 saturated carbocycles. The second kappa shape index (κ2) is 26.4. The highest BCUT2D eigenvalue weighted by molar-refractivity contribution is 5.73. The maximum Gasteiger partial charge on any atom is 0.309 e. The Morgan fingerprint density at radius 1 is 0.970 bits per heavy atom. The van der Waals surface area contributed by atoms with Gasteiger partial charge in [-0.15, -0.1) is 0 Å². The summed E-state index contributed by atoms with van der Waals surface area (Å²) in [6, 6.07) is 9.40. The predicted molar refractivity (Wildman–Crippen MR) is 246 cm³/mol. The van der Waals surface area contributed by atoms with Crippen molar-refractivity contribution in [3.63, 3.8) is 0 Å². The largest absolute Gasteiger partial charge is 0.463 e. The highest BCUT2D eigenvalue weighted by atomic mass is 16.7. The number of benzene rings is 1. The number of β-amino-alcohol motifs (C(OH)–C–C–N with tert-alkyl or cyclic N) is 1. The molecular formula is C50H80N2O15. The maximum atomic E-state index is 13.8. The highest BCUT2D eigenvalue weighted by Crippen LogP contribution is 2.43. The summed E-state index contributed by atoms with van der Waals surface area (Å²) in [7, 11) is 5.00. The molecule has 67 heavy (non-hydrogen) atoms. The third kappa shape index (κ3) is 15.7. The van der Waals surface area contributed by atoms with Crippen LogP contribution in [0.15, 0.2) is 30.3 Å². The summed E-state index contributed by atoms with van der Waals surface area (Å²) in [4.78, 5) is 68.6. The van der Waals surface area contributed by atoms with Crippen molar-refractivity contribution in [3.05, 3.63) is 35.9 Å². The van der Waals surface area contributed by atoms with Gasteiger partial charge < -0.3 is 62.7 Å².